The van der Waals surface area contributed by atoms with E-state index in [4.69, 9.17) is 5.73 Å². The van der Waals surface area contributed by atoms with E-state index in [1.807, 2.05) is 19.9 Å². The Kier molecular flexibility index (Phi) is 5.48. The first-order chi connectivity index (χ1) is 11.6. The largest absolute Gasteiger partial charge is 0.366 e. The van der Waals surface area contributed by atoms with Gasteiger partial charge in [0.1, 0.15) is 5.69 Å². The molecule has 5 nitrogen and oxygen atoms in total. The van der Waals surface area contributed by atoms with Crippen LogP contribution in [-0.4, -0.2) is 21.2 Å². The lowest BCUT2D eigenvalue weighted by molar-refractivity contribution is 0.100. The smallest absolute Gasteiger partial charge is 0.248 e. The minimum Gasteiger partial charge on any atom is -0.366 e. The van der Waals surface area contributed by atoms with E-state index < -0.39 is 5.91 Å². The molecule has 0 saturated heterocycles. The second-order valence-electron chi connectivity index (χ2n) is 4.90. The maximum absolute atomic E-state index is 11.3. The van der Waals surface area contributed by atoms with Crippen LogP contribution in [0.2, 0.25) is 0 Å². The van der Waals surface area contributed by atoms with Crippen molar-refractivity contribution in [3.05, 3.63) is 66.3 Å². The van der Waals surface area contributed by atoms with Gasteiger partial charge in [-0.05, 0) is 44.0 Å². The zero-order valence-electron chi connectivity index (χ0n) is 13.7. The summed E-state index contributed by atoms with van der Waals surface area (Å²) in [5, 5.41) is 0. The number of hydrogen-bond acceptors (Lipinski definition) is 3. The molecule has 120 valence electrons. The summed E-state index contributed by atoms with van der Waals surface area (Å²) >= 11 is 0. The molecule has 0 aliphatic carbocycles. The number of aliphatic imine (C=N–C) groups is 1. The number of carbonyl (C=O) groups excluding carboxylic acids is 1. The van der Waals surface area contributed by atoms with Crippen LogP contribution in [0.1, 0.15) is 35.7 Å². The van der Waals surface area contributed by atoms with Crippen LogP contribution in [0.25, 0.3) is 6.20 Å². The number of aromatic nitrogens is 2. The van der Waals surface area contributed by atoms with Crippen LogP contribution in [0.4, 0.5) is 5.69 Å². The van der Waals surface area contributed by atoms with E-state index >= 15 is 0 Å². The topological polar surface area (TPSA) is 73.3 Å². The predicted octanol–water partition coefficient (Wildman–Crippen LogP) is 3.15. The molecule has 2 rings (SSSR count). The lowest BCUT2D eigenvalue weighted by Gasteiger charge is -2.04. The van der Waals surface area contributed by atoms with Gasteiger partial charge < -0.3 is 5.73 Å². The molecule has 0 fully saturated rings. The number of rotatable bonds is 4. The lowest BCUT2D eigenvalue weighted by Crippen LogP contribution is -2.10. The van der Waals surface area contributed by atoms with Gasteiger partial charge in [0, 0.05) is 11.8 Å². The minimum atomic E-state index is -0.487. The second-order valence-corrected chi connectivity index (χ2v) is 4.90. The zero-order chi connectivity index (χ0) is 17.5. The highest BCUT2D eigenvalue weighted by Gasteiger charge is 2.09. The van der Waals surface area contributed by atoms with Crippen LogP contribution < -0.4 is 5.73 Å². The van der Waals surface area contributed by atoms with Gasteiger partial charge in [-0.1, -0.05) is 24.6 Å². The SMILES string of the molecule is C=Cn1c(C#CC=CC)cnc1C(C)=Nc1cccc(C(N)=O)c1. The average Bonchev–Trinajstić information content (AvgIpc) is 2.98. The lowest BCUT2D eigenvalue weighted by atomic mass is 10.2. The number of imidazole rings is 1. The number of benzene rings is 1. The Morgan fingerprint density at radius 3 is 2.92 bits per heavy atom. The van der Waals surface area contributed by atoms with Crippen molar-refractivity contribution in [1.29, 1.82) is 0 Å². The van der Waals surface area contributed by atoms with Crippen molar-refractivity contribution < 1.29 is 4.79 Å². The third kappa shape index (κ3) is 3.87. The Bertz CT molecular complexity index is 892. The highest BCUT2D eigenvalue weighted by atomic mass is 16.1. The third-order valence-corrected chi connectivity index (χ3v) is 3.18. The zero-order valence-corrected chi connectivity index (χ0v) is 13.7. The molecule has 1 aromatic carbocycles. The van der Waals surface area contributed by atoms with Crippen molar-refractivity contribution in [3.8, 4) is 11.8 Å². The summed E-state index contributed by atoms with van der Waals surface area (Å²) in [5.74, 6) is 6.07. The standard InChI is InChI=1S/C19H18N4O/c1-4-6-7-11-17-13-21-19(23(17)5-2)14(3)22-16-10-8-9-15(12-16)18(20)24/h4-6,8-10,12-13H,2H2,1,3H3,(H2,20,24). The molecule has 0 spiro atoms. The molecule has 1 amide bonds. The Balaban J connectivity index is 2.41. The normalized spacial score (nSPS) is 11.2. The van der Waals surface area contributed by atoms with Crippen molar-refractivity contribution in [1.82, 2.24) is 9.55 Å². The van der Waals surface area contributed by atoms with E-state index in [1.165, 1.54) is 0 Å². The van der Waals surface area contributed by atoms with Crippen molar-refractivity contribution in [2.75, 3.05) is 0 Å². The van der Waals surface area contributed by atoms with Crippen LogP contribution in [0.15, 0.2) is 54.2 Å². The number of nitrogens with two attached hydrogens (primary N) is 1. The van der Waals surface area contributed by atoms with Gasteiger partial charge in [0.2, 0.25) is 5.91 Å². The number of amides is 1. The second kappa shape index (κ2) is 7.75. The molecule has 1 aromatic heterocycles. The maximum Gasteiger partial charge on any atom is 0.248 e. The van der Waals surface area contributed by atoms with Crippen molar-refractivity contribution in [3.63, 3.8) is 0 Å². The van der Waals surface area contributed by atoms with Crippen molar-refractivity contribution in [2.45, 2.75) is 13.8 Å². The number of carbonyl (C=O) groups is 1. The fourth-order valence-corrected chi connectivity index (χ4v) is 2.08. The first-order valence-corrected chi connectivity index (χ1v) is 7.34. The first-order valence-electron chi connectivity index (χ1n) is 7.34. The monoisotopic (exact) mass is 318 g/mol. The molecular weight excluding hydrogens is 300 g/mol. The summed E-state index contributed by atoms with van der Waals surface area (Å²) in [7, 11) is 0. The third-order valence-electron chi connectivity index (χ3n) is 3.18. The quantitative estimate of drug-likeness (QED) is 0.694. The molecule has 0 radical (unpaired) electrons. The molecule has 0 atom stereocenters. The summed E-state index contributed by atoms with van der Waals surface area (Å²) in [6, 6.07) is 6.82. The van der Waals surface area contributed by atoms with E-state index in [2.05, 4.69) is 28.4 Å². The highest BCUT2D eigenvalue weighted by Crippen LogP contribution is 2.16. The van der Waals surface area contributed by atoms with E-state index in [0.29, 0.717) is 22.8 Å². The molecule has 0 saturated carbocycles. The summed E-state index contributed by atoms with van der Waals surface area (Å²) < 4.78 is 1.77. The van der Waals surface area contributed by atoms with E-state index in [1.54, 1.807) is 47.3 Å². The van der Waals surface area contributed by atoms with Crippen molar-refractivity contribution >= 4 is 23.5 Å². The van der Waals surface area contributed by atoms with Gasteiger partial charge in [-0.2, -0.15) is 0 Å². The van der Waals surface area contributed by atoms with Crippen LogP contribution >= 0.6 is 0 Å². The van der Waals surface area contributed by atoms with Gasteiger partial charge in [0.25, 0.3) is 0 Å². The minimum absolute atomic E-state index is 0.411. The molecule has 0 aliphatic rings. The number of primary amides is 1. The van der Waals surface area contributed by atoms with Crippen molar-refractivity contribution in [2.24, 2.45) is 10.7 Å². The van der Waals surface area contributed by atoms with Gasteiger partial charge >= 0.3 is 0 Å². The van der Waals surface area contributed by atoms with Gasteiger partial charge in [0.15, 0.2) is 5.82 Å². The molecule has 1 heterocycles. The van der Waals surface area contributed by atoms with E-state index in [9.17, 15) is 4.79 Å². The molecular formula is C19H18N4O. The van der Waals surface area contributed by atoms with E-state index in [0.717, 1.165) is 5.69 Å². The van der Waals surface area contributed by atoms with Gasteiger partial charge in [0.05, 0.1) is 17.6 Å². The number of allylic oxidation sites excluding steroid dienone is 2. The molecule has 0 unspecified atom stereocenters. The highest BCUT2D eigenvalue weighted by molar-refractivity contribution is 5.99. The fraction of sp³-hybridized carbons (Fsp3) is 0.105. The molecule has 2 aromatic rings. The predicted molar refractivity (Wildman–Crippen MR) is 97.1 cm³/mol. The first kappa shape index (κ1) is 17.0. The van der Waals surface area contributed by atoms with Gasteiger partial charge in [-0.25, -0.2) is 9.98 Å². The summed E-state index contributed by atoms with van der Waals surface area (Å²) in [4.78, 5) is 20.1. The molecule has 0 bridgehead atoms. The fourth-order valence-electron chi connectivity index (χ4n) is 2.08. The van der Waals surface area contributed by atoms with Gasteiger partial charge in [-0.15, -0.1) is 0 Å². The average molecular weight is 318 g/mol. The number of nitrogens with zero attached hydrogens (tertiary/aromatic N) is 3. The maximum atomic E-state index is 11.3. The van der Waals surface area contributed by atoms with Gasteiger partial charge in [-0.3, -0.25) is 9.36 Å². The molecule has 5 heteroatoms. The Morgan fingerprint density at radius 2 is 2.25 bits per heavy atom. The van der Waals surface area contributed by atoms with Crippen LogP contribution in [0, 0.1) is 11.8 Å². The Hall–Kier alpha value is -3.39. The summed E-state index contributed by atoms with van der Waals surface area (Å²) in [6.45, 7) is 7.54. The van der Waals surface area contributed by atoms with E-state index in [-0.39, 0.29) is 0 Å². The molecule has 0 aliphatic heterocycles. The Labute approximate surface area is 141 Å². The number of hydrogen-bond donors (Lipinski definition) is 1. The van der Waals surface area contributed by atoms with Crippen LogP contribution in [0.3, 0.4) is 0 Å². The Morgan fingerprint density at radius 1 is 1.46 bits per heavy atom. The summed E-state index contributed by atoms with van der Waals surface area (Å²) in [6.07, 6.45) is 6.94. The van der Waals surface area contributed by atoms with Crippen LogP contribution in [0.5, 0.6) is 0 Å². The van der Waals surface area contributed by atoms with Crippen LogP contribution in [-0.2, 0) is 0 Å². The molecule has 2 N–H and O–H groups in total. The molecule has 24 heavy (non-hydrogen) atoms. The summed E-state index contributed by atoms with van der Waals surface area (Å²) in [5.41, 5.74) is 7.73.